The quantitative estimate of drug-likeness (QED) is 0.377. The lowest BCUT2D eigenvalue weighted by Crippen LogP contribution is -2.10. The van der Waals surface area contributed by atoms with Crippen LogP contribution >= 0.6 is 0 Å². The van der Waals surface area contributed by atoms with Gasteiger partial charge in [0.2, 0.25) is 0 Å². The molecule has 2 radical (unpaired) electrons. The molecule has 1 amide bonds. The van der Waals surface area contributed by atoms with Crippen molar-refractivity contribution in [3.63, 3.8) is 0 Å². The van der Waals surface area contributed by atoms with Crippen LogP contribution in [0.25, 0.3) is 0 Å². The van der Waals surface area contributed by atoms with Crippen LogP contribution in [-0.4, -0.2) is 6.09 Å². The van der Waals surface area contributed by atoms with Crippen LogP contribution in [0.3, 0.4) is 0 Å². The topological polar surface area (TPSA) is 74.6 Å². The molecule has 0 rings (SSSR count). The van der Waals surface area contributed by atoms with Crippen molar-refractivity contribution in [3.8, 4) is 0 Å². The number of carbonyl (C=O) groups is 1. The molecule has 0 saturated carbocycles. The predicted octanol–water partition coefficient (Wildman–Crippen LogP) is -0.935. The van der Waals surface area contributed by atoms with Crippen molar-refractivity contribution in [2.75, 3.05) is 0 Å². The summed E-state index contributed by atoms with van der Waals surface area (Å²) in [6, 6.07) is 0. The lowest BCUT2D eigenvalue weighted by molar-refractivity contribution is 0.149. The van der Waals surface area contributed by atoms with Gasteiger partial charge in [0.15, 0.2) is 0 Å². The van der Waals surface area contributed by atoms with E-state index in [0.29, 0.717) is 0 Å². The number of hydrogen-bond donors (Lipinski definition) is 1. The highest BCUT2D eigenvalue weighted by atomic mass is 16.7. The van der Waals surface area contributed by atoms with Gasteiger partial charge in [0, 0.05) is 0 Å². The second-order valence-corrected chi connectivity index (χ2v) is 0.410. The van der Waals surface area contributed by atoms with E-state index in [4.69, 9.17) is 10.7 Å². The minimum atomic E-state index is -1.19. The Morgan fingerprint density at radius 3 is 2.20 bits per heavy atom. The molecule has 0 bridgehead atoms. The minimum Gasteiger partial charge on any atom is -0.333 e. The van der Waals surface area contributed by atoms with Crippen molar-refractivity contribution >= 4 is 6.09 Å². The van der Waals surface area contributed by atoms with Gasteiger partial charge in [-0.25, -0.2) is 4.79 Å². The normalized spacial score (nSPS) is 6.60. The number of nitrogens with zero attached hydrogens (tertiary/aromatic N) is 1. The van der Waals surface area contributed by atoms with Crippen molar-refractivity contribution in [2.45, 2.75) is 0 Å². The number of carbonyl (C=O) groups excluding carboxylic acids is 1. The van der Waals surface area contributed by atoms with Crippen molar-refractivity contribution in [1.82, 2.24) is 5.90 Å². The average molecular weight is 74.0 g/mol. The van der Waals surface area contributed by atoms with E-state index >= 15 is 0 Å². The van der Waals surface area contributed by atoms with Crippen molar-refractivity contribution < 1.29 is 9.63 Å². The first-order valence-corrected chi connectivity index (χ1v) is 0.879. The summed E-state index contributed by atoms with van der Waals surface area (Å²) in [6.07, 6.45) is -1.19. The van der Waals surface area contributed by atoms with E-state index in [1.54, 1.807) is 0 Å². The van der Waals surface area contributed by atoms with Gasteiger partial charge in [0.25, 0.3) is 0 Å². The Labute approximate surface area is 28.6 Å². The number of rotatable bonds is 0. The lowest BCUT2D eigenvalue weighted by Gasteiger charge is -1.74. The van der Waals surface area contributed by atoms with Crippen LogP contribution in [-0.2, 0) is 4.84 Å². The van der Waals surface area contributed by atoms with E-state index in [-0.39, 0.29) is 0 Å². The molecule has 0 fully saturated rings. The number of amides is 1. The van der Waals surface area contributed by atoms with Gasteiger partial charge in [-0.1, -0.05) is 0 Å². The highest BCUT2D eigenvalue weighted by Gasteiger charge is 1.80. The Kier molecular flexibility index (Phi) is 1.30. The lowest BCUT2D eigenvalue weighted by atomic mass is 11.3. The van der Waals surface area contributed by atoms with Crippen LogP contribution in [0, 0.1) is 0 Å². The van der Waals surface area contributed by atoms with Gasteiger partial charge in [-0.15, -0.1) is 0 Å². The molecule has 5 heavy (non-hydrogen) atoms. The Morgan fingerprint density at radius 1 is 2.00 bits per heavy atom. The molecule has 0 saturated heterocycles. The van der Waals surface area contributed by atoms with Gasteiger partial charge in [0.1, 0.15) is 5.90 Å². The molecule has 0 spiro atoms. The van der Waals surface area contributed by atoms with E-state index in [0.717, 1.165) is 0 Å². The van der Waals surface area contributed by atoms with Gasteiger partial charge in [-0.3, -0.25) is 0 Å². The Balaban J connectivity index is 2.85. The van der Waals surface area contributed by atoms with Gasteiger partial charge in [0.05, 0.1) is 0 Å². The summed E-state index contributed by atoms with van der Waals surface area (Å²) in [6.45, 7) is 0. The zero-order valence-electron chi connectivity index (χ0n) is 2.34. The molecule has 0 aliphatic rings. The molecule has 4 heteroatoms. The van der Waals surface area contributed by atoms with Crippen LogP contribution in [0.1, 0.15) is 0 Å². The molecule has 0 unspecified atom stereocenters. The predicted molar refractivity (Wildman–Crippen MR) is 12.8 cm³/mol. The summed E-state index contributed by atoms with van der Waals surface area (Å²) < 4.78 is 0. The molecule has 0 aromatic carbocycles. The third kappa shape index (κ3) is 3.23. The van der Waals surface area contributed by atoms with Crippen LogP contribution < -0.4 is 11.6 Å². The summed E-state index contributed by atoms with van der Waals surface area (Å²) in [5.74, 6) is 7.17. The minimum absolute atomic E-state index is 1.19. The summed E-state index contributed by atoms with van der Waals surface area (Å²) in [4.78, 5) is 12.0. The molecule has 0 atom stereocenters. The number of primary amides is 1. The summed E-state index contributed by atoms with van der Waals surface area (Å²) in [7, 11) is 0. The molecule has 0 aromatic rings. The molecular weight excluding hydrogens is 72.0 g/mol. The fourth-order valence-electron chi connectivity index (χ4n) is 0. The van der Waals surface area contributed by atoms with E-state index in [2.05, 4.69) is 10.6 Å². The third-order valence-corrected chi connectivity index (χ3v) is 0.0900. The zero-order valence-corrected chi connectivity index (χ0v) is 2.34. The Morgan fingerprint density at radius 2 is 2.20 bits per heavy atom. The first-order chi connectivity index (χ1) is 2.27. The molecule has 0 heterocycles. The van der Waals surface area contributed by atoms with E-state index in [1.165, 1.54) is 0 Å². The SMILES string of the molecule is [N]OC(N)=O. The molecule has 0 aliphatic heterocycles. The summed E-state index contributed by atoms with van der Waals surface area (Å²) in [5.41, 5.74) is 4.18. The van der Waals surface area contributed by atoms with Gasteiger partial charge in [-0.05, 0) is 0 Å². The van der Waals surface area contributed by atoms with Crippen LogP contribution in [0.2, 0.25) is 0 Å². The van der Waals surface area contributed by atoms with Crippen LogP contribution in [0.4, 0.5) is 4.79 Å². The summed E-state index contributed by atoms with van der Waals surface area (Å²) >= 11 is 0. The molecule has 2 N–H and O–H groups in total. The molecule has 0 aliphatic carbocycles. The van der Waals surface area contributed by atoms with E-state index < -0.39 is 6.09 Å². The Bertz CT molecular complexity index is 42.9. The molecule has 0 aromatic heterocycles. The molecular formula is CH2N2O2. The second kappa shape index (κ2) is 1.54. The van der Waals surface area contributed by atoms with Crippen molar-refractivity contribution in [2.24, 2.45) is 5.73 Å². The maximum absolute atomic E-state index is 9.12. The standard InChI is InChI=1S/CH2N2O2/c2-1(4)5-3/h(H2,2,4). The van der Waals surface area contributed by atoms with Crippen LogP contribution in [0.15, 0.2) is 0 Å². The fourth-order valence-corrected chi connectivity index (χ4v) is 0. The van der Waals surface area contributed by atoms with Crippen molar-refractivity contribution in [1.29, 1.82) is 0 Å². The van der Waals surface area contributed by atoms with E-state index in [1.807, 2.05) is 0 Å². The summed E-state index contributed by atoms with van der Waals surface area (Å²) in [5, 5.41) is 0. The van der Waals surface area contributed by atoms with Gasteiger partial charge >= 0.3 is 6.09 Å². The molecule has 4 nitrogen and oxygen atoms in total. The first kappa shape index (κ1) is 4.23. The van der Waals surface area contributed by atoms with E-state index in [9.17, 15) is 0 Å². The second-order valence-electron chi connectivity index (χ2n) is 0.410. The van der Waals surface area contributed by atoms with Gasteiger partial charge < -0.3 is 10.6 Å². The maximum Gasteiger partial charge on any atom is 0.426 e. The molecule has 28 valence electrons. The zero-order chi connectivity index (χ0) is 4.28. The number of hydrogen-bond acceptors (Lipinski definition) is 2. The fraction of sp³-hybridized carbons (Fsp3) is 0. The third-order valence-electron chi connectivity index (χ3n) is 0.0900. The average Bonchev–Trinajstić information content (AvgIpc) is 1.38. The largest absolute Gasteiger partial charge is 0.426 e. The Hall–Kier alpha value is -0.770. The monoisotopic (exact) mass is 74.0 g/mol. The van der Waals surface area contributed by atoms with Crippen molar-refractivity contribution in [3.05, 3.63) is 0 Å². The van der Waals surface area contributed by atoms with Crippen LogP contribution in [0.5, 0.6) is 0 Å². The number of nitrogens with two attached hydrogens (primary N) is 1. The van der Waals surface area contributed by atoms with Gasteiger partial charge in [-0.2, -0.15) is 0 Å². The smallest absolute Gasteiger partial charge is 0.333 e. The maximum atomic E-state index is 9.12. The highest BCUT2D eigenvalue weighted by Crippen LogP contribution is 1.52. The highest BCUT2D eigenvalue weighted by molar-refractivity contribution is 5.63. The first-order valence-electron chi connectivity index (χ1n) is 0.879.